The predicted molar refractivity (Wildman–Crippen MR) is 116 cm³/mol. The van der Waals surface area contributed by atoms with Gasteiger partial charge in [0.05, 0.1) is 13.7 Å². The fourth-order valence-electron chi connectivity index (χ4n) is 3.89. The number of methoxy groups -OCH3 is 1. The summed E-state index contributed by atoms with van der Waals surface area (Å²) in [4.78, 5) is 19.1. The second-order valence-corrected chi connectivity index (χ2v) is 7.72. The smallest absolute Gasteiger partial charge is 0.236 e. The lowest BCUT2D eigenvalue weighted by Crippen LogP contribution is -2.51. The van der Waals surface area contributed by atoms with Crippen LogP contribution in [0.3, 0.4) is 0 Å². The molecule has 7 heteroatoms. The molecule has 4 rings (SSSR count). The van der Waals surface area contributed by atoms with E-state index >= 15 is 0 Å². The van der Waals surface area contributed by atoms with E-state index < -0.39 is 0 Å². The monoisotopic (exact) mass is 411 g/mol. The van der Waals surface area contributed by atoms with Crippen molar-refractivity contribution in [3.8, 4) is 17.2 Å². The Hall–Kier alpha value is -2.93. The highest BCUT2D eigenvalue weighted by atomic mass is 16.6. The molecular formula is C23H29N3O4. The lowest BCUT2D eigenvalue weighted by Gasteiger charge is -2.36. The summed E-state index contributed by atoms with van der Waals surface area (Å²) in [6, 6.07) is 14.1. The third kappa shape index (κ3) is 4.79. The van der Waals surface area contributed by atoms with Gasteiger partial charge < -0.3 is 24.0 Å². The maximum atomic E-state index is 12.8. The van der Waals surface area contributed by atoms with Gasteiger partial charge in [-0.2, -0.15) is 0 Å². The summed E-state index contributed by atoms with van der Waals surface area (Å²) in [5.41, 5.74) is 2.28. The number of ether oxygens (including phenoxy) is 3. The van der Waals surface area contributed by atoms with E-state index in [-0.39, 0.29) is 5.91 Å². The molecular weight excluding hydrogens is 382 g/mol. The number of anilines is 1. The molecule has 2 aliphatic rings. The number of carbonyl (C=O) groups excluding carboxylic acids is 1. The number of hydrogen-bond donors (Lipinski definition) is 0. The van der Waals surface area contributed by atoms with E-state index in [1.807, 2.05) is 47.2 Å². The molecule has 0 saturated carbocycles. The van der Waals surface area contributed by atoms with E-state index in [2.05, 4.69) is 17.0 Å². The van der Waals surface area contributed by atoms with Gasteiger partial charge >= 0.3 is 0 Å². The van der Waals surface area contributed by atoms with Gasteiger partial charge in [0.15, 0.2) is 11.5 Å². The van der Waals surface area contributed by atoms with E-state index in [0.717, 1.165) is 49.0 Å². The number of likely N-dealkylation sites (N-methyl/N-ethyl adjacent to an activating group) is 1. The topological polar surface area (TPSA) is 54.5 Å². The average Bonchev–Trinajstić information content (AvgIpc) is 2.79. The average molecular weight is 412 g/mol. The lowest BCUT2D eigenvalue weighted by atomic mass is 10.2. The van der Waals surface area contributed by atoms with Crippen LogP contribution in [0.1, 0.15) is 5.56 Å². The van der Waals surface area contributed by atoms with Gasteiger partial charge in [0.1, 0.15) is 19.0 Å². The Morgan fingerprint density at radius 3 is 2.40 bits per heavy atom. The van der Waals surface area contributed by atoms with Crippen molar-refractivity contribution in [2.24, 2.45) is 0 Å². The standard InChI is InChI=1S/C23H29N3O4/c1-24(16-18-3-8-21-22(15-18)30-14-13-29-21)17-23(27)26-11-9-25(10-12-26)19-4-6-20(28-2)7-5-19/h3-8,15H,9-14,16-17H2,1-2H3. The van der Waals surface area contributed by atoms with Crippen molar-refractivity contribution in [3.63, 3.8) is 0 Å². The third-order valence-electron chi connectivity index (χ3n) is 5.53. The van der Waals surface area contributed by atoms with Gasteiger partial charge in [-0.15, -0.1) is 0 Å². The van der Waals surface area contributed by atoms with Crippen molar-refractivity contribution in [1.29, 1.82) is 0 Å². The number of amides is 1. The second-order valence-electron chi connectivity index (χ2n) is 7.72. The highest BCUT2D eigenvalue weighted by Crippen LogP contribution is 2.31. The zero-order chi connectivity index (χ0) is 20.9. The lowest BCUT2D eigenvalue weighted by molar-refractivity contribution is -0.132. The Kier molecular flexibility index (Phi) is 6.28. The number of carbonyl (C=O) groups is 1. The summed E-state index contributed by atoms with van der Waals surface area (Å²) in [7, 11) is 3.65. The Morgan fingerprint density at radius 1 is 1.00 bits per heavy atom. The first-order valence-corrected chi connectivity index (χ1v) is 10.4. The van der Waals surface area contributed by atoms with E-state index in [1.54, 1.807) is 7.11 Å². The molecule has 7 nitrogen and oxygen atoms in total. The minimum absolute atomic E-state index is 0.171. The van der Waals surface area contributed by atoms with Gasteiger partial charge in [-0.3, -0.25) is 9.69 Å². The van der Waals surface area contributed by atoms with Gasteiger partial charge in [0, 0.05) is 38.4 Å². The Morgan fingerprint density at radius 2 is 1.70 bits per heavy atom. The SMILES string of the molecule is COc1ccc(N2CCN(C(=O)CN(C)Cc3ccc4c(c3)OCCO4)CC2)cc1. The molecule has 0 radical (unpaired) electrons. The van der Waals surface area contributed by atoms with Crippen LogP contribution in [0.2, 0.25) is 0 Å². The van der Waals surface area contributed by atoms with Crippen molar-refractivity contribution < 1.29 is 19.0 Å². The van der Waals surface area contributed by atoms with Gasteiger partial charge in [-0.25, -0.2) is 0 Å². The molecule has 0 aliphatic carbocycles. The van der Waals surface area contributed by atoms with E-state index in [4.69, 9.17) is 14.2 Å². The van der Waals surface area contributed by atoms with Crippen LogP contribution < -0.4 is 19.1 Å². The van der Waals surface area contributed by atoms with Crippen LogP contribution in [0.15, 0.2) is 42.5 Å². The minimum Gasteiger partial charge on any atom is -0.497 e. The Labute approximate surface area is 177 Å². The molecule has 0 bridgehead atoms. The molecule has 1 saturated heterocycles. The molecule has 2 aliphatic heterocycles. The van der Waals surface area contributed by atoms with Gasteiger partial charge in [0.2, 0.25) is 5.91 Å². The number of piperazine rings is 1. The fourth-order valence-corrected chi connectivity index (χ4v) is 3.89. The summed E-state index contributed by atoms with van der Waals surface area (Å²) in [6.07, 6.45) is 0. The highest BCUT2D eigenvalue weighted by molar-refractivity contribution is 5.78. The molecule has 0 aromatic heterocycles. The van der Waals surface area contributed by atoms with Crippen LogP contribution in [0.25, 0.3) is 0 Å². The van der Waals surface area contributed by atoms with Crippen LogP contribution in [0, 0.1) is 0 Å². The number of hydrogen-bond acceptors (Lipinski definition) is 6. The van der Waals surface area contributed by atoms with E-state index in [9.17, 15) is 4.79 Å². The van der Waals surface area contributed by atoms with Crippen molar-refractivity contribution in [3.05, 3.63) is 48.0 Å². The second kappa shape index (κ2) is 9.26. The van der Waals surface area contributed by atoms with Crippen LogP contribution in [0.4, 0.5) is 5.69 Å². The summed E-state index contributed by atoms with van der Waals surface area (Å²) in [5, 5.41) is 0. The number of nitrogens with zero attached hydrogens (tertiary/aromatic N) is 3. The van der Waals surface area contributed by atoms with Crippen molar-refractivity contribution in [2.45, 2.75) is 6.54 Å². The molecule has 30 heavy (non-hydrogen) atoms. The number of fused-ring (bicyclic) bond motifs is 1. The van der Waals surface area contributed by atoms with Crippen LogP contribution in [0.5, 0.6) is 17.2 Å². The number of rotatable bonds is 6. The summed E-state index contributed by atoms with van der Waals surface area (Å²) < 4.78 is 16.4. The van der Waals surface area contributed by atoms with Gasteiger partial charge in [-0.1, -0.05) is 6.07 Å². The van der Waals surface area contributed by atoms with E-state index in [1.165, 1.54) is 5.69 Å². The molecule has 0 spiro atoms. The molecule has 1 fully saturated rings. The summed E-state index contributed by atoms with van der Waals surface area (Å²) in [6.45, 7) is 5.41. The van der Waals surface area contributed by atoms with Crippen molar-refractivity contribution in [1.82, 2.24) is 9.80 Å². The molecule has 160 valence electrons. The first-order valence-electron chi connectivity index (χ1n) is 10.4. The first kappa shape index (κ1) is 20.3. The molecule has 2 aromatic rings. The molecule has 0 unspecified atom stereocenters. The van der Waals surface area contributed by atoms with Crippen LogP contribution in [-0.2, 0) is 11.3 Å². The minimum atomic E-state index is 0.171. The number of benzene rings is 2. The maximum Gasteiger partial charge on any atom is 0.236 e. The third-order valence-corrected chi connectivity index (χ3v) is 5.53. The largest absolute Gasteiger partial charge is 0.497 e. The molecule has 1 amide bonds. The first-order chi connectivity index (χ1) is 14.6. The molecule has 2 heterocycles. The molecule has 0 atom stereocenters. The maximum absolute atomic E-state index is 12.8. The molecule has 2 aromatic carbocycles. The van der Waals surface area contributed by atoms with Gasteiger partial charge in [-0.05, 0) is 49.0 Å². The molecule has 0 N–H and O–H groups in total. The normalized spacial score (nSPS) is 16.0. The highest BCUT2D eigenvalue weighted by Gasteiger charge is 2.22. The van der Waals surface area contributed by atoms with E-state index in [0.29, 0.717) is 26.3 Å². The summed E-state index contributed by atoms with van der Waals surface area (Å²) in [5.74, 6) is 2.60. The quantitative estimate of drug-likeness (QED) is 0.727. The zero-order valence-corrected chi connectivity index (χ0v) is 17.7. The Balaban J connectivity index is 1.26. The van der Waals surface area contributed by atoms with Crippen molar-refractivity contribution in [2.75, 3.05) is 65.0 Å². The predicted octanol–water partition coefficient (Wildman–Crippen LogP) is 2.25. The van der Waals surface area contributed by atoms with Gasteiger partial charge in [0.25, 0.3) is 0 Å². The van der Waals surface area contributed by atoms with Crippen LogP contribution in [-0.4, -0.2) is 75.8 Å². The Bertz CT molecular complexity index is 863. The van der Waals surface area contributed by atoms with Crippen LogP contribution >= 0.6 is 0 Å². The van der Waals surface area contributed by atoms with Crippen molar-refractivity contribution >= 4 is 11.6 Å². The summed E-state index contributed by atoms with van der Waals surface area (Å²) >= 11 is 0. The zero-order valence-electron chi connectivity index (χ0n) is 17.7. The fraction of sp³-hybridized carbons (Fsp3) is 0.435.